The molecule has 0 radical (unpaired) electrons. The average molecular weight is 392 g/mol. The molecule has 4 rings (SSSR count). The Bertz CT molecular complexity index is 940. The van der Waals surface area contributed by atoms with Crippen LogP contribution in [0.25, 0.3) is 20.9 Å². The standard InChI is InChI=1S/C23H20O4S/c1-26-21(24)23(22(25)27-2)13-17-18(14-23)20(16-11-7-4-8-12-16)28-19(17)15-9-5-3-6-10-15/h3-12H,13-14H2,1-2H3. The summed E-state index contributed by atoms with van der Waals surface area (Å²) < 4.78 is 10.0. The third-order valence-corrected chi connectivity index (χ3v) is 6.67. The number of rotatable bonds is 4. The molecule has 2 aromatic carbocycles. The summed E-state index contributed by atoms with van der Waals surface area (Å²) in [7, 11) is 2.63. The van der Waals surface area contributed by atoms with E-state index in [9.17, 15) is 9.59 Å². The van der Waals surface area contributed by atoms with E-state index in [0.29, 0.717) is 0 Å². The first kappa shape index (κ1) is 18.4. The van der Waals surface area contributed by atoms with Crippen molar-refractivity contribution < 1.29 is 19.1 Å². The largest absolute Gasteiger partial charge is 0.468 e. The summed E-state index contributed by atoms with van der Waals surface area (Å²) in [6.07, 6.45) is 0.574. The van der Waals surface area contributed by atoms with Crippen LogP contribution in [0.5, 0.6) is 0 Å². The number of methoxy groups -OCH3 is 2. The Kier molecular flexibility index (Phi) is 4.77. The van der Waals surface area contributed by atoms with E-state index in [4.69, 9.17) is 9.47 Å². The van der Waals surface area contributed by atoms with Gasteiger partial charge in [0.15, 0.2) is 5.41 Å². The summed E-state index contributed by atoms with van der Waals surface area (Å²) in [5.41, 5.74) is 2.90. The fraction of sp³-hybridized carbons (Fsp3) is 0.217. The highest BCUT2D eigenvalue weighted by molar-refractivity contribution is 7.19. The van der Waals surface area contributed by atoms with Crippen LogP contribution in [0.15, 0.2) is 60.7 Å². The zero-order valence-electron chi connectivity index (χ0n) is 15.7. The van der Waals surface area contributed by atoms with Crippen molar-refractivity contribution in [1.82, 2.24) is 0 Å². The van der Waals surface area contributed by atoms with E-state index >= 15 is 0 Å². The van der Waals surface area contributed by atoms with Crippen molar-refractivity contribution in [3.8, 4) is 20.9 Å². The fourth-order valence-electron chi connectivity index (χ4n) is 3.95. The van der Waals surface area contributed by atoms with Gasteiger partial charge in [0.1, 0.15) is 0 Å². The molecule has 28 heavy (non-hydrogen) atoms. The molecule has 0 atom stereocenters. The van der Waals surface area contributed by atoms with Crippen molar-refractivity contribution in [1.29, 1.82) is 0 Å². The Labute approximate surface area is 167 Å². The van der Waals surface area contributed by atoms with E-state index in [1.54, 1.807) is 11.3 Å². The first-order chi connectivity index (χ1) is 13.6. The number of carbonyl (C=O) groups excluding carboxylic acids is 2. The second kappa shape index (κ2) is 7.24. The number of esters is 2. The van der Waals surface area contributed by atoms with Gasteiger partial charge in [-0.2, -0.15) is 0 Å². The number of hydrogen-bond donors (Lipinski definition) is 0. The van der Waals surface area contributed by atoms with Gasteiger partial charge in [-0.1, -0.05) is 60.7 Å². The number of benzene rings is 2. The van der Waals surface area contributed by atoms with Crippen LogP contribution < -0.4 is 0 Å². The molecule has 1 aromatic heterocycles. The molecule has 0 N–H and O–H groups in total. The Morgan fingerprint density at radius 2 is 1.14 bits per heavy atom. The lowest BCUT2D eigenvalue weighted by molar-refractivity contribution is -0.168. The zero-order chi connectivity index (χ0) is 19.7. The lowest BCUT2D eigenvalue weighted by atomic mass is 9.84. The average Bonchev–Trinajstić information content (AvgIpc) is 3.31. The highest BCUT2D eigenvalue weighted by atomic mass is 32.1. The van der Waals surface area contributed by atoms with Gasteiger partial charge in [0.25, 0.3) is 0 Å². The molecule has 1 aliphatic carbocycles. The highest BCUT2D eigenvalue weighted by Gasteiger charge is 2.54. The molecular weight excluding hydrogens is 372 g/mol. The molecular formula is C23H20O4S. The molecule has 1 aliphatic rings. The van der Waals surface area contributed by atoms with Crippen molar-refractivity contribution in [2.45, 2.75) is 12.8 Å². The Morgan fingerprint density at radius 1 is 0.750 bits per heavy atom. The number of hydrogen-bond acceptors (Lipinski definition) is 5. The number of thiophene rings is 1. The number of carbonyl (C=O) groups is 2. The number of ether oxygens (including phenoxy) is 2. The van der Waals surface area contributed by atoms with Gasteiger partial charge in [0, 0.05) is 22.6 Å². The van der Waals surface area contributed by atoms with Crippen molar-refractivity contribution in [3.63, 3.8) is 0 Å². The maximum Gasteiger partial charge on any atom is 0.323 e. The molecule has 4 nitrogen and oxygen atoms in total. The van der Waals surface area contributed by atoms with Gasteiger partial charge in [0.2, 0.25) is 0 Å². The predicted molar refractivity (Wildman–Crippen MR) is 109 cm³/mol. The van der Waals surface area contributed by atoms with E-state index in [2.05, 4.69) is 24.3 Å². The van der Waals surface area contributed by atoms with E-state index < -0.39 is 17.4 Å². The Balaban J connectivity index is 1.92. The molecule has 0 saturated carbocycles. The van der Waals surface area contributed by atoms with Gasteiger partial charge in [0.05, 0.1) is 14.2 Å². The van der Waals surface area contributed by atoms with Crippen LogP contribution in [0.1, 0.15) is 11.1 Å². The third-order valence-electron chi connectivity index (χ3n) is 5.30. The van der Waals surface area contributed by atoms with Crippen LogP contribution in [0.4, 0.5) is 0 Å². The summed E-state index contributed by atoms with van der Waals surface area (Å²) in [6, 6.07) is 20.1. The van der Waals surface area contributed by atoms with Crippen molar-refractivity contribution in [2.75, 3.05) is 14.2 Å². The Morgan fingerprint density at radius 3 is 1.50 bits per heavy atom. The van der Waals surface area contributed by atoms with E-state index in [1.165, 1.54) is 14.2 Å². The maximum atomic E-state index is 12.7. The predicted octanol–water partition coefficient (Wildman–Crippen LogP) is 4.51. The minimum atomic E-state index is -1.32. The van der Waals surface area contributed by atoms with Gasteiger partial charge in [-0.3, -0.25) is 9.59 Å². The van der Waals surface area contributed by atoms with Gasteiger partial charge >= 0.3 is 11.9 Å². The second-order valence-corrected chi connectivity index (χ2v) is 7.89. The molecule has 142 valence electrons. The van der Waals surface area contributed by atoms with Gasteiger partial charge < -0.3 is 9.47 Å². The van der Waals surface area contributed by atoms with Crippen molar-refractivity contribution in [2.24, 2.45) is 5.41 Å². The van der Waals surface area contributed by atoms with Crippen LogP contribution >= 0.6 is 11.3 Å². The van der Waals surface area contributed by atoms with Crippen molar-refractivity contribution in [3.05, 3.63) is 71.8 Å². The summed E-state index contributed by atoms with van der Waals surface area (Å²) >= 11 is 1.70. The minimum Gasteiger partial charge on any atom is -0.468 e. The van der Waals surface area contributed by atoms with Crippen LogP contribution in [0.3, 0.4) is 0 Å². The van der Waals surface area contributed by atoms with Gasteiger partial charge in [-0.25, -0.2) is 0 Å². The Hall–Kier alpha value is -2.92. The second-order valence-electron chi connectivity index (χ2n) is 6.87. The van der Waals surface area contributed by atoms with Crippen LogP contribution in [0.2, 0.25) is 0 Å². The molecule has 0 saturated heterocycles. The third kappa shape index (κ3) is 2.83. The zero-order valence-corrected chi connectivity index (χ0v) is 16.5. The highest BCUT2D eigenvalue weighted by Crippen LogP contribution is 2.51. The molecule has 0 aliphatic heterocycles. The first-order valence-corrected chi connectivity index (χ1v) is 9.84. The summed E-state index contributed by atoms with van der Waals surface area (Å²) in [6.45, 7) is 0. The van der Waals surface area contributed by atoms with E-state index in [-0.39, 0.29) is 12.8 Å². The smallest absolute Gasteiger partial charge is 0.323 e. The first-order valence-electron chi connectivity index (χ1n) is 9.03. The summed E-state index contributed by atoms with van der Waals surface area (Å²) in [4.78, 5) is 27.5. The van der Waals surface area contributed by atoms with Crippen LogP contribution in [-0.2, 0) is 31.9 Å². The molecule has 5 heteroatoms. The SMILES string of the molecule is COC(=O)C1(C(=O)OC)Cc2c(-c3ccccc3)sc(-c3ccccc3)c2C1. The van der Waals surface area contributed by atoms with E-state index in [1.807, 2.05) is 36.4 Å². The molecule has 0 unspecified atom stereocenters. The monoisotopic (exact) mass is 392 g/mol. The lowest BCUT2D eigenvalue weighted by Crippen LogP contribution is -2.42. The molecule has 0 spiro atoms. The molecule has 0 amide bonds. The summed E-state index contributed by atoms with van der Waals surface area (Å²) in [5.74, 6) is -1.09. The van der Waals surface area contributed by atoms with E-state index in [0.717, 1.165) is 32.0 Å². The lowest BCUT2D eigenvalue weighted by Gasteiger charge is -2.23. The quantitative estimate of drug-likeness (QED) is 0.484. The molecule has 0 bridgehead atoms. The normalized spacial score (nSPS) is 14.4. The van der Waals surface area contributed by atoms with Gasteiger partial charge in [-0.05, 0) is 22.3 Å². The minimum absolute atomic E-state index is 0.287. The number of fused-ring (bicyclic) bond motifs is 1. The van der Waals surface area contributed by atoms with Crippen molar-refractivity contribution >= 4 is 23.3 Å². The molecule has 0 fully saturated rings. The summed E-state index contributed by atoms with van der Waals surface area (Å²) in [5, 5.41) is 0. The van der Waals surface area contributed by atoms with Gasteiger partial charge in [-0.15, -0.1) is 11.3 Å². The topological polar surface area (TPSA) is 52.6 Å². The maximum absolute atomic E-state index is 12.7. The van der Waals surface area contributed by atoms with Crippen LogP contribution in [-0.4, -0.2) is 26.2 Å². The molecule has 3 aromatic rings. The molecule has 1 heterocycles. The van der Waals surface area contributed by atoms with Crippen LogP contribution in [0, 0.1) is 5.41 Å². The fourth-order valence-corrected chi connectivity index (χ4v) is 5.30.